The van der Waals surface area contributed by atoms with Gasteiger partial charge in [0.25, 0.3) is 5.56 Å². The Kier molecular flexibility index (Phi) is 3.76. The molecule has 1 fully saturated rings. The van der Waals surface area contributed by atoms with E-state index in [0.29, 0.717) is 12.2 Å². The molecule has 0 amide bonds. The van der Waals surface area contributed by atoms with Crippen molar-refractivity contribution < 1.29 is 14.6 Å². The van der Waals surface area contributed by atoms with Crippen molar-refractivity contribution in [2.45, 2.75) is 38.7 Å². The van der Waals surface area contributed by atoms with E-state index < -0.39 is 11.5 Å². The Labute approximate surface area is 104 Å². The van der Waals surface area contributed by atoms with Crippen LogP contribution in [-0.2, 0) is 11.2 Å². The summed E-state index contributed by atoms with van der Waals surface area (Å²) in [5, 5.41) is 8.87. The lowest BCUT2D eigenvalue weighted by Gasteiger charge is -2.22. The zero-order valence-electron chi connectivity index (χ0n) is 10.2. The predicted octanol–water partition coefficient (Wildman–Crippen LogP) is 0.888. The number of carboxylic acids is 1. The van der Waals surface area contributed by atoms with Gasteiger partial charge in [0.15, 0.2) is 0 Å². The Bertz CT molecular complexity index is 503. The van der Waals surface area contributed by atoms with Crippen LogP contribution in [0.4, 0.5) is 0 Å². The number of aromatic carboxylic acids is 1. The monoisotopic (exact) mass is 252 g/mol. The van der Waals surface area contributed by atoms with Crippen molar-refractivity contribution in [2.24, 2.45) is 0 Å². The van der Waals surface area contributed by atoms with E-state index in [2.05, 4.69) is 9.97 Å². The van der Waals surface area contributed by atoms with Gasteiger partial charge in [-0.1, -0.05) is 0 Å². The topological polar surface area (TPSA) is 92.3 Å². The minimum Gasteiger partial charge on any atom is -0.477 e. The van der Waals surface area contributed by atoms with Crippen LogP contribution in [0.25, 0.3) is 0 Å². The fourth-order valence-electron chi connectivity index (χ4n) is 2.18. The van der Waals surface area contributed by atoms with Crippen molar-refractivity contribution in [3.63, 3.8) is 0 Å². The van der Waals surface area contributed by atoms with E-state index in [1.807, 2.05) is 0 Å². The van der Waals surface area contributed by atoms with Gasteiger partial charge in [-0.25, -0.2) is 9.78 Å². The molecule has 0 bridgehead atoms. The van der Waals surface area contributed by atoms with Crippen molar-refractivity contribution in [1.82, 2.24) is 9.97 Å². The molecule has 1 atom stereocenters. The molecule has 0 radical (unpaired) electrons. The highest BCUT2D eigenvalue weighted by molar-refractivity contribution is 5.88. The Morgan fingerprint density at radius 3 is 2.89 bits per heavy atom. The van der Waals surface area contributed by atoms with Crippen LogP contribution < -0.4 is 5.56 Å². The van der Waals surface area contributed by atoms with Crippen LogP contribution in [0, 0.1) is 6.92 Å². The molecular formula is C12H16N2O4. The second-order valence-electron chi connectivity index (χ2n) is 4.47. The summed E-state index contributed by atoms with van der Waals surface area (Å²) < 4.78 is 5.56. The van der Waals surface area contributed by atoms with Crippen LogP contribution in [-0.4, -0.2) is 33.8 Å². The molecule has 6 nitrogen and oxygen atoms in total. The van der Waals surface area contributed by atoms with Crippen LogP contribution in [0.15, 0.2) is 4.79 Å². The van der Waals surface area contributed by atoms with E-state index in [9.17, 15) is 9.59 Å². The number of nitrogens with one attached hydrogen (secondary N) is 1. The standard InChI is InChI=1S/C12H16N2O4/c1-7-10(12(16)17)11(15)14-9(13-7)6-8-4-2-3-5-18-8/h8H,2-6H2,1H3,(H,16,17)(H,13,14,15). The summed E-state index contributed by atoms with van der Waals surface area (Å²) in [5.74, 6) is -0.754. The smallest absolute Gasteiger partial charge is 0.343 e. The Hall–Kier alpha value is -1.69. The first kappa shape index (κ1) is 12.8. The molecule has 2 N–H and O–H groups in total. The fourth-order valence-corrected chi connectivity index (χ4v) is 2.18. The number of aromatic nitrogens is 2. The molecule has 18 heavy (non-hydrogen) atoms. The molecule has 1 unspecified atom stereocenters. The lowest BCUT2D eigenvalue weighted by atomic mass is 10.1. The molecule has 0 spiro atoms. The molecule has 1 aromatic rings. The number of carbonyl (C=O) groups is 1. The molecule has 1 aromatic heterocycles. The first-order valence-electron chi connectivity index (χ1n) is 6.02. The van der Waals surface area contributed by atoms with Crippen molar-refractivity contribution in [1.29, 1.82) is 0 Å². The van der Waals surface area contributed by atoms with E-state index in [4.69, 9.17) is 9.84 Å². The number of nitrogens with zero attached hydrogens (tertiary/aromatic N) is 1. The number of rotatable bonds is 3. The summed E-state index contributed by atoms with van der Waals surface area (Å²) in [5.41, 5.74) is -0.638. The summed E-state index contributed by atoms with van der Waals surface area (Å²) >= 11 is 0. The van der Waals surface area contributed by atoms with Gasteiger partial charge in [0.1, 0.15) is 11.4 Å². The number of ether oxygens (including phenoxy) is 1. The first-order chi connectivity index (χ1) is 8.58. The molecule has 0 aromatic carbocycles. The molecule has 1 aliphatic heterocycles. The number of carboxylic acid groups (broad SMARTS) is 1. The Morgan fingerprint density at radius 1 is 1.56 bits per heavy atom. The van der Waals surface area contributed by atoms with E-state index in [0.717, 1.165) is 25.9 Å². The second-order valence-corrected chi connectivity index (χ2v) is 4.47. The average molecular weight is 252 g/mol. The predicted molar refractivity (Wildman–Crippen MR) is 63.8 cm³/mol. The van der Waals surface area contributed by atoms with Crippen molar-refractivity contribution >= 4 is 5.97 Å². The van der Waals surface area contributed by atoms with Gasteiger partial charge in [0, 0.05) is 13.0 Å². The molecule has 6 heteroatoms. The summed E-state index contributed by atoms with van der Waals surface area (Å²) in [6.45, 7) is 2.27. The minimum absolute atomic E-state index is 0.0666. The highest BCUT2D eigenvalue weighted by atomic mass is 16.5. The molecule has 98 valence electrons. The highest BCUT2D eigenvalue weighted by Gasteiger charge is 2.19. The molecule has 1 aliphatic rings. The first-order valence-corrected chi connectivity index (χ1v) is 6.02. The SMILES string of the molecule is Cc1nc(CC2CCCCO2)[nH]c(=O)c1C(=O)O. The van der Waals surface area contributed by atoms with Gasteiger partial charge in [0.2, 0.25) is 0 Å². The lowest BCUT2D eigenvalue weighted by Crippen LogP contribution is -2.27. The Balaban J connectivity index is 2.19. The van der Waals surface area contributed by atoms with Crippen LogP contribution in [0.3, 0.4) is 0 Å². The zero-order chi connectivity index (χ0) is 13.1. The lowest BCUT2D eigenvalue weighted by molar-refractivity contribution is 0.0156. The van der Waals surface area contributed by atoms with Crippen LogP contribution in [0.5, 0.6) is 0 Å². The number of H-pyrrole nitrogens is 1. The third-order valence-electron chi connectivity index (χ3n) is 3.06. The van der Waals surface area contributed by atoms with Gasteiger partial charge in [-0.15, -0.1) is 0 Å². The number of hydrogen-bond acceptors (Lipinski definition) is 4. The van der Waals surface area contributed by atoms with Crippen LogP contribution >= 0.6 is 0 Å². The van der Waals surface area contributed by atoms with Gasteiger partial charge < -0.3 is 14.8 Å². The maximum atomic E-state index is 11.6. The van der Waals surface area contributed by atoms with Gasteiger partial charge in [-0.05, 0) is 26.2 Å². The second kappa shape index (κ2) is 5.30. The molecule has 0 saturated carbocycles. The zero-order valence-corrected chi connectivity index (χ0v) is 10.2. The molecule has 2 heterocycles. The van der Waals surface area contributed by atoms with E-state index >= 15 is 0 Å². The maximum absolute atomic E-state index is 11.6. The van der Waals surface area contributed by atoms with Crippen molar-refractivity contribution in [3.05, 3.63) is 27.4 Å². The van der Waals surface area contributed by atoms with E-state index in [1.54, 1.807) is 0 Å². The summed E-state index contributed by atoms with van der Waals surface area (Å²) in [6.07, 6.45) is 3.72. The number of aromatic amines is 1. The van der Waals surface area contributed by atoms with Gasteiger partial charge in [-0.3, -0.25) is 4.79 Å². The van der Waals surface area contributed by atoms with Gasteiger partial charge >= 0.3 is 5.97 Å². The quantitative estimate of drug-likeness (QED) is 0.833. The van der Waals surface area contributed by atoms with Gasteiger partial charge in [-0.2, -0.15) is 0 Å². The molecule has 1 saturated heterocycles. The molecular weight excluding hydrogens is 236 g/mol. The third-order valence-corrected chi connectivity index (χ3v) is 3.06. The van der Waals surface area contributed by atoms with Crippen molar-refractivity contribution in [2.75, 3.05) is 6.61 Å². The number of aryl methyl sites for hydroxylation is 1. The fraction of sp³-hybridized carbons (Fsp3) is 0.583. The molecule has 0 aliphatic carbocycles. The highest BCUT2D eigenvalue weighted by Crippen LogP contribution is 2.15. The van der Waals surface area contributed by atoms with Crippen LogP contribution in [0.1, 0.15) is 41.1 Å². The van der Waals surface area contributed by atoms with Crippen LogP contribution in [0.2, 0.25) is 0 Å². The average Bonchev–Trinajstić information content (AvgIpc) is 2.28. The summed E-state index contributed by atoms with van der Waals surface area (Å²) in [6, 6.07) is 0. The van der Waals surface area contributed by atoms with Crippen molar-refractivity contribution in [3.8, 4) is 0 Å². The summed E-state index contributed by atoms with van der Waals surface area (Å²) in [7, 11) is 0. The molecule has 2 rings (SSSR count). The van der Waals surface area contributed by atoms with Gasteiger partial charge in [0.05, 0.1) is 11.8 Å². The van der Waals surface area contributed by atoms with E-state index in [-0.39, 0.29) is 17.4 Å². The third kappa shape index (κ3) is 2.76. The Morgan fingerprint density at radius 2 is 2.33 bits per heavy atom. The minimum atomic E-state index is -1.25. The van der Waals surface area contributed by atoms with E-state index in [1.165, 1.54) is 6.92 Å². The summed E-state index contributed by atoms with van der Waals surface area (Å²) in [4.78, 5) is 29.1. The maximum Gasteiger partial charge on any atom is 0.343 e. The largest absolute Gasteiger partial charge is 0.477 e. The number of hydrogen-bond donors (Lipinski definition) is 2. The normalized spacial score (nSPS) is 19.7.